The van der Waals surface area contributed by atoms with Crippen molar-refractivity contribution in [2.75, 3.05) is 7.11 Å². The lowest BCUT2D eigenvalue weighted by molar-refractivity contribution is 0.415. The predicted octanol–water partition coefficient (Wildman–Crippen LogP) is 2.45. The fraction of sp³-hybridized carbons (Fsp3) is 0.182. The number of H-pyrrole nitrogens is 1. The molecular formula is C11H11BrFN3O. The Kier molecular flexibility index (Phi) is 3.44. The van der Waals surface area contributed by atoms with E-state index in [0.29, 0.717) is 23.6 Å². The first-order chi connectivity index (χ1) is 8.17. The zero-order chi connectivity index (χ0) is 12.4. The van der Waals surface area contributed by atoms with E-state index in [2.05, 4.69) is 26.1 Å². The number of hydrogen-bond donors (Lipinski definition) is 2. The summed E-state index contributed by atoms with van der Waals surface area (Å²) < 4.78 is 19.2. The van der Waals surface area contributed by atoms with Crippen LogP contribution in [0.4, 0.5) is 4.39 Å². The lowest BCUT2D eigenvalue weighted by Gasteiger charge is -2.06. The van der Waals surface area contributed by atoms with Gasteiger partial charge in [-0.05, 0) is 34.1 Å². The molecule has 1 aromatic carbocycles. The van der Waals surface area contributed by atoms with Crippen LogP contribution in [0.3, 0.4) is 0 Å². The van der Waals surface area contributed by atoms with Crippen molar-refractivity contribution in [1.29, 1.82) is 0 Å². The molecule has 6 heteroatoms. The summed E-state index contributed by atoms with van der Waals surface area (Å²) >= 11 is 3.38. The van der Waals surface area contributed by atoms with E-state index in [0.717, 1.165) is 10.2 Å². The Hall–Kier alpha value is -1.40. The molecule has 2 rings (SSSR count). The zero-order valence-electron chi connectivity index (χ0n) is 9.13. The second-order valence-corrected chi connectivity index (χ2v) is 4.21. The van der Waals surface area contributed by atoms with Crippen molar-refractivity contribution in [3.05, 3.63) is 34.2 Å². The molecule has 0 saturated heterocycles. The highest BCUT2D eigenvalue weighted by molar-refractivity contribution is 9.10. The standard InChI is InChI=1S/C11H11BrFN3O/c1-17-9-3-2-6(13)4-7(9)11-10(12)8(5-14)15-16-11/h2-4H,5,14H2,1H3,(H,15,16). The molecule has 0 fully saturated rings. The minimum absolute atomic E-state index is 0.325. The van der Waals surface area contributed by atoms with E-state index in [9.17, 15) is 4.39 Å². The van der Waals surface area contributed by atoms with E-state index < -0.39 is 0 Å². The maximum Gasteiger partial charge on any atom is 0.128 e. The van der Waals surface area contributed by atoms with Crippen LogP contribution >= 0.6 is 15.9 Å². The Morgan fingerprint density at radius 1 is 1.53 bits per heavy atom. The minimum Gasteiger partial charge on any atom is -0.496 e. The molecule has 0 atom stereocenters. The number of nitrogens with one attached hydrogen (secondary N) is 1. The molecule has 0 aliphatic rings. The molecule has 4 nitrogen and oxygen atoms in total. The van der Waals surface area contributed by atoms with Crippen molar-refractivity contribution in [2.24, 2.45) is 5.73 Å². The monoisotopic (exact) mass is 299 g/mol. The van der Waals surface area contributed by atoms with Gasteiger partial charge in [0.1, 0.15) is 17.3 Å². The van der Waals surface area contributed by atoms with Crippen LogP contribution in [0.5, 0.6) is 5.75 Å². The first kappa shape index (κ1) is 12.1. The van der Waals surface area contributed by atoms with Crippen molar-refractivity contribution in [1.82, 2.24) is 10.2 Å². The molecule has 1 aromatic heterocycles. The van der Waals surface area contributed by atoms with Gasteiger partial charge in [0, 0.05) is 12.1 Å². The van der Waals surface area contributed by atoms with Gasteiger partial charge in [0.25, 0.3) is 0 Å². The largest absolute Gasteiger partial charge is 0.496 e. The van der Waals surface area contributed by atoms with Gasteiger partial charge in [-0.1, -0.05) is 0 Å². The summed E-state index contributed by atoms with van der Waals surface area (Å²) in [5, 5.41) is 6.90. The van der Waals surface area contributed by atoms with Crippen molar-refractivity contribution in [3.63, 3.8) is 0 Å². The Labute approximate surface area is 106 Å². The summed E-state index contributed by atoms with van der Waals surface area (Å²) in [5.41, 5.74) is 7.46. The normalized spacial score (nSPS) is 10.6. The summed E-state index contributed by atoms with van der Waals surface area (Å²) in [7, 11) is 1.53. The van der Waals surface area contributed by atoms with E-state index in [4.69, 9.17) is 10.5 Å². The Balaban J connectivity index is 2.58. The Morgan fingerprint density at radius 3 is 2.88 bits per heavy atom. The number of nitrogens with two attached hydrogens (primary N) is 1. The van der Waals surface area contributed by atoms with E-state index in [1.54, 1.807) is 6.07 Å². The van der Waals surface area contributed by atoms with Gasteiger partial charge < -0.3 is 10.5 Å². The van der Waals surface area contributed by atoms with Gasteiger partial charge in [-0.25, -0.2) is 4.39 Å². The summed E-state index contributed by atoms with van der Waals surface area (Å²) in [6.07, 6.45) is 0. The van der Waals surface area contributed by atoms with Crippen molar-refractivity contribution < 1.29 is 9.13 Å². The van der Waals surface area contributed by atoms with Crippen LogP contribution < -0.4 is 10.5 Å². The fourth-order valence-electron chi connectivity index (χ4n) is 1.54. The summed E-state index contributed by atoms with van der Waals surface area (Å²) in [5.74, 6) is 0.215. The highest BCUT2D eigenvalue weighted by Gasteiger charge is 2.16. The van der Waals surface area contributed by atoms with Crippen LogP contribution in [0.1, 0.15) is 5.69 Å². The number of nitrogens with zero attached hydrogens (tertiary/aromatic N) is 1. The molecule has 17 heavy (non-hydrogen) atoms. The van der Waals surface area contributed by atoms with E-state index in [1.807, 2.05) is 0 Å². The molecule has 3 N–H and O–H groups in total. The number of ether oxygens (including phenoxy) is 1. The molecule has 0 bridgehead atoms. The number of aromatic amines is 1. The number of halogens is 2. The molecule has 2 aromatic rings. The predicted molar refractivity (Wildman–Crippen MR) is 66.1 cm³/mol. The first-order valence-corrected chi connectivity index (χ1v) is 5.73. The van der Waals surface area contributed by atoms with Crippen LogP contribution in [0.25, 0.3) is 11.3 Å². The van der Waals surface area contributed by atoms with Crippen molar-refractivity contribution >= 4 is 15.9 Å². The second-order valence-electron chi connectivity index (χ2n) is 3.41. The average Bonchev–Trinajstić information content (AvgIpc) is 2.70. The molecule has 0 aliphatic carbocycles. The summed E-state index contributed by atoms with van der Waals surface area (Å²) in [6.45, 7) is 0.325. The molecule has 0 unspecified atom stereocenters. The van der Waals surface area contributed by atoms with Gasteiger partial charge >= 0.3 is 0 Å². The summed E-state index contributed by atoms with van der Waals surface area (Å²) in [6, 6.07) is 4.28. The first-order valence-electron chi connectivity index (χ1n) is 4.94. The van der Waals surface area contributed by atoms with E-state index in [-0.39, 0.29) is 5.82 Å². The van der Waals surface area contributed by atoms with Gasteiger partial charge in [-0.3, -0.25) is 5.10 Å². The van der Waals surface area contributed by atoms with Crippen molar-refractivity contribution in [3.8, 4) is 17.0 Å². The lowest BCUT2D eigenvalue weighted by Crippen LogP contribution is -1.96. The maximum absolute atomic E-state index is 13.3. The third-order valence-corrected chi connectivity index (χ3v) is 3.25. The van der Waals surface area contributed by atoms with Crippen molar-refractivity contribution in [2.45, 2.75) is 6.54 Å². The molecule has 90 valence electrons. The molecule has 0 spiro atoms. The molecule has 0 saturated carbocycles. The molecule has 0 aliphatic heterocycles. The third-order valence-electron chi connectivity index (χ3n) is 2.40. The number of aromatic nitrogens is 2. The fourth-order valence-corrected chi connectivity index (χ4v) is 2.10. The molecule has 1 heterocycles. The topological polar surface area (TPSA) is 63.9 Å². The van der Waals surface area contributed by atoms with E-state index >= 15 is 0 Å². The van der Waals surface area contributed by atoms with Gasteiger partial charge in [0.15, 0.2) is 0 Å². The minimum atomic E-state index is -0.343. The number of hydrogen-bond acceptors (Lipinski definition) is 3. The smallest absolute Gasteiger partial charge is 0.128 e. The van der Waals surface area contributed by atoms with Gasteiger partial charge in [0.2, 0.25) is 0 Å². The summed E-state index contributed by atoms with van der Waals surface area (Å²) in [4.78, 5) is 0. The highest BCUT2D eigenvalue weighted by Crippen LogP contribution is 2.35. The molecule has 0 radical (unpaired) electrons. The SMILES string of the molecule is COc1ccc(F)cc1-c1n[nH]c(CN)c1Br. The van der Waals surface area contributed by atoms with Crippen LogP contribution in [0, 0.1) is 5.82 Å². The highest BCUT2D eigenvalue weighted by atomic mass is 79.9. The zero-order valence-corrected chi connectivity index (χ0v) is 10.7. The van der Waals surface area contributed by atoms with Gasteiger partial charge in [0.05, 0.1) is 17.3 Å². The number of methoxy groups -OCH3 is 1. The van der Waals surface area contributed by atoms with Crippen LogP contribution in [0.15, 0.2) is 22.7 Å². The van der Waals surface area contributed by atoms with Gasteiger partial charge in [-0.2, -0.15) is 5.10 Å². The average molecular weight is 300 g/mol. The lowest BCUT2D eigenvalue weighted by atomic mass is 10.1. The number of rotatable bonds is 3. The van der Waals surface area contributed by atoms with Gasteiger partial charge in [-0.15, -0.1) is 0 Å². The molecule has 0 amide bonds. The Morgan fingerprint density at radius 2 is 2.29 bits per heavy atom. The number of benzene rings is 1. The maximum atomic E-state index is 13.3. The van der Waals surface area contributed by atoms with Crippen LogP contribution in [-0.4, -0.2) is 17.3 Å². The second kappa shape index (κ2) is 4.85. The van der Waals surface area contributed by atoms with Crippen LogP contribution in [0.2, 0.25) is 0 Å². The molecular weight excluding hydrogens is 289 g/mol. The quantitative estimate of drug-likeness (QED) is 0.915. The Bertz CT molecular complexity index is 542. The van der Waals surface area contributed by atoms with Crippen LogP contribution in [-0.2, 0) is 6.54 Å². The van der Waals surface area contributed by atoms with E-state index in [1.165, 1.54) is 19.2 Å². The third kappa shape index (κ3) is 2.18.